The first-order valence-electron chi connectivity index (χ1n) is 7.67. The number of halogens is 1. The first-order chi connectivity index (χ1) is 10.6. The zero-order chi connectivity index (χ0) is 15.4. The highest BCUT2D eigenvalue weighted by molar-refractivity contribution is 6.39. The van der Waals surface area contributed by atoms with E-state index < -0.39 is 0 Å². The second-order valence-electron chi connectivity index (χ2n) is 6.26. The van der Waals surface area contributed by atoms with E-state index >= 15 is 0 Å². The van der Waals surface area contributed by atoms with E-state index in [1.54, 1.807) is 0 Å². The molecule has 0 heterocycles. The lowest BCUT2D eigenvalue weighted by Gasteiger charge is -2.27. The molecule has 22 heavy (non-hydrogen) atoms. The summed E-state index contributed by atoms with van der Waals surface area (Å²) in [4.78, 5) is 2.32. The molecule has 0 aliphatic heterocycles. The van der Waals surface area contributed by atoms with Gasteiger partial charge < -0.3 is 4.90 Å². The summed E-state index contributed by atoms with van der Waals surface area (Å²) in [5, 5.41) is 8.39. The number of rotatable bonds is 2. The Morgan fingerprint density at radius 2 is 1.50 bits per heavy atom. The summed E-state index contributed by atoms with van der Waals surface area (Å²) in [5.41, 5.74) is 1.24. The van der Waals surface area contributed by atoms with Crippen LogP contribution in [0.5, 0.6) is 0 Å². The first kappa shape index (κ1) is 13.7. The fourth-order valence-corrected chi connectivity index (χ4v) is 3.55. The summed E-state index contributed by atoms with van der Waals surface area (Å²) in [7, 11) is 2.15. The van der Waals surface area contributed by atoms with Crippen molar-refractivity contribution in [1.82, 2.24) is 0 Å². The van der Waals surface area contributed by atoms with Gasteiger partial charge in [0.25, 0.3) is 0 Å². The fraction of sp³-hybridized carbons (Fsp3) is 0.200. The summed E-state index contributed by atoms with van der Waals surface area (Å²) < 4.78 is 0. The third-order valence-corrected chi connectivity index (χ3v) is 5.05. The number of benzene rings is 4. The van der Waals surface area contributed by atoms with E-state index in [1.807, 2.05) is 6.07 Å². The van der Waals surface area contributed by atoms with E-state index in [1.165, 1.54) is 32.6 Å². The van der Waals surface area contributed by atoms with Crippen LogP contribution < -0.4 is 4.90 Å². The van der Waals surface area contributed by atoms with Crippen LogP contribution in [0.2, 0.25) is 5.02 Å². The second-order valence-corrected chi connectivity index (χ2v) is 6.67. The van der Waals surface area contributed by atoms with Gasteiger partial charge in [-0.1, -0.05) is 48.0 Å². The molecule has 0 aromatic heterocycles. The Bertz CT molecular complexity index is 987. The molecule has 0 unspecified atom stereocenters. The van der Waals surface area contributed by atoms with Crippen LogP contribution in [0.1, 0.15) is 13.8 Å². The van der Waals surface area contributed by atoms with Gasteiger partial charge in [0.15, 0.2) is 0 Å². The standard InChI is InChI=1S/C20H18ClN/c1-12(2)22(3)18-11-16-17(21)10-9-14-8-7-13-5-4-6-15(18)19(13)20(14)16/h4-12H,1-3H3. The third kappa shape index (κ3) is 1.79. The second kappa shape index (κ2) is 4.76. The van der Waals surface area contributed by atoms with Crippen LogP contribution in [-0.4, -0.2) is 13.1 Å². The zero-order valence-electron chi connectivity index (χ0n) is 13.0. The number of anilines is 1. The van der Waals surface area contributed by atoms with Crippen molar-refractivity contribution in [3.8, 4) is 0 Å². The van der Waals surface area contributed by atoms with Gasteiger partial charge in [0.1, 0.15) is 0 Å². The average Bonchev–Trinajstić information content (AvgIpc) is 2.53. The average molecular weight is 308 g/mol. The van der Waals surface area contributed by atoms with E-state index in [0.29, 0.717) is 6.04 Å². The van der Waals surface area contributed by atoms with Gasteiger partial charge in [0.2, 0.25) is 0 Å². The summed E-state index contributed by atoms with van der Waals surface area (Å²) in [6, 6.07) is 17.7. The lowest BCUT2D eigenvalue weighted by molar-refractivity contribution is 0.758. The van der Waals surface area contributed by atoms with Gasteiger partial charge in [-0.2, -0.15) is 0 Å². The minimum atomic E-state index is 0.435. The van der Waals surface area contributed by atoms with E-state index in [9.17, 15) is 0 Å². The van der Waals surface area contributed by atoms with Crippen LogP contribution in [-0.2, 0) is 0 Å². The van der Waals surface area contributed by atoms with Gasteiger partial charge in [0, 0.05) is 34.6 Å². The first-order valence-corrected chi connectivity index (χ1v) is 8.04. The molecule has 1 nitrogen and oxygen atoms in total. The lowest BCUT2D eigenvalue weighted by Crippen LogP contribution is -2.25. The van der Waals surface area contributed by atoms with E-state index in [-0.39, 0.29) is 0 Å². The van der Waals surface area contributed by atoms with Crippen LogP contribution >= 0.6 is 11.6 Å². The Balaban J connectivity index is 2.28. The molecule has 0 aliphatic rings. The molecule has 0 radical (unpaired) electrons. The van der Waals surface area contributed by atoms with Crippen LogP contribution in [0.4, 0.5) is 5.69 Å². The van der Waals surface area contributed by atoms with E-state index in [4.69, 9.17) is 11.6 Å². The Morgan fingerprint density at radius 1 is 0.864 bits per heavy atom. The molecule has 0 N–H and O–H groups in total. The highest BCUT2D eigenvalue weighted by Gasteiger charge is 2.16. The minimum absolute atomic E-state index is 0.435. The predicted molar refractivity (Wildman–Crippen MR) is 98.7 cm³/mol. The molecule has 110 valence electrons. The van der Waals surface area contributed by atoms with Gasteiger partial charge in [0.05, 0.1) is 0 Å². The van der Waals surface area contributed by atoms with Crippen molar-refractivity contribution in [2.45, 2.75) is 19.9 Å². The summed E-state index contributed by atoms with van der Waals surface area (Å²) in [6.45, 7) is 4.42. The van der Waals surface area contributed by atoms with Gasteiger partial charge in [-0.3, -0.25) is 0 Å². The van der Waals surface area contributed by atoms with Crippen molar-refractivity contribution in [1.29, 1.82) is 0 Å². The van der Waals surface area contributed by atoms with Crippen LogP contribution in [0.25, 0.3) is 32.3 Å². The lowest BCUT2D eigenvalue weighted by atomic mass is 9.93. The molecule has 4 aromatic rings. The minimum Gasteiger partial charge on any atom is -0.372 e. The molecule has 0 aliphatic carbocycles. The highest BCUT2D eigenvalue weighted by Crippen LogP contribution is 2.42. The number of nitrogens with zero attached hydrogens (tertiary/aromatic N) is 1. The molecule has 0 saturated heterocycles. The summed E-state index contributed by atoms with van der Waals surface area (Å²) >= 11 is 6.52. The molecule has 4 aromatic carbocycles. The molecule has 4 rings (SSSR count). The van der Waals surface area contributed by atoms with Crippen LogP contribution in [0.3, 0.4) is 0 Å². The van der Waals surface area contributed by atoms with Crippen molar-refractivity contribution in [2.75, 3.05) is 11.9 Å². The number of hydrogen-bond acceptors (Lipinski definition) is 1. The van der Waals surface area contributed by atoms with Gasteiger partial charge >= 0.3 is 0 Å². The van der Waals surface area contributed by atoms with Crippen molar-refractivity contribution in [3.63, 3.8) is 0 Å². The van der Waals surface area contributed by atoms with E-state index in [2.05, 4.69) is 68.3 Å². The maximum Gasteiger partial charge on any atom is 0.0485 e. The molecule has 0 fully saturated rings. The topological polar surface area (TPSA) is 3.24 Å². The van der Waals surface area contributed by atoms with Gasteiger partial charge in [-0.15, -0.1) is 0 Å². The summed E-state index contributed by atoms with van der Waals surface area (Å²) in [5.74, 6) is 0. The Morgan fingerprint density at radius 3 is 2.23 bits per heavy atom. The molecule has 0 bridgehead atoms. The smallest absolute Gasteiger partial charge is 0.0485 e. The van der Waals surface area contributed by atoms with Crippen LogP contribution in [0, 0.1) is 0 Å². The summed E-state index contributed by atoms with van der Waals surface area (Å²) in [6.07, 6.45) is 0. The van der Waals surface area contributed by atoms with Crippen molar-refractivity contribution in [2.24, 2.45) is 0 Å². The largest absolute Gasteiger partial charge is 0.372 e. The predicted octanol–water partition coefficient (Wildman–Crippen LogP) is 6.08. The van der Waals surface area contributed by atoms with Crippen molar-refractivity contribution in [3.05, 3.63) is 53.6 Å². The van der Waals surface area contributed by atoms with Gasteiger partial charge in [-0.25, -0.2) is 0 Å². The maximum absolute atomic E-state index is 6.52. The molecule has 2 heteroatoms. The van der Waals surface area contributed by atoms with Crippen molar-refractivity contribution >= 4 is 49.6 Å². The number of hydrogen-bond donors (Lipinski definition) is 0. The van der Waals surface area contributed by atoms with Gasteiger partial charge in [-0.05, 0) is 47.5 Å². The quantitative estimate of drug-likeness (QED) is 0.405. The maximum atomic E-state index is 6.52. The molecule has 0 saturated carbocycles. The third-order valence-electron chi connectivity index (χ3n) is 4.73. The monoisotopic (exact) mass is 307 g/mol. The molecule has 0 amide bonds. The van der Waals surface area contributed by atoms with Crippen LogP contribution in [0.15, 0.2) is 48.5 Å². The fourth-order valence-electron chi connectivity index (χ4n) is 3.34. The Labute approximate surface area is 135 Å². The SMILES string of the molecule is CC(C)N(C)c1cc2c(Cl)ccc3ccc4cccc1c4c32. The molecular formula is C20H18ClN. The van der Waals surface area contributed by atoms with Crippen molar-refractivity contribution < 1.29 is 0 Å². The Hall–Kier alpha value is -1.99. The molecular weight excluding hydrogens is 290 g/mol. The Kier molecular flexibility index (Phi) is 2.95. The molecule has 0 spiro atoms. The zero-order valence-corrected chi connectivity index (χ0v) is 13.8. The van der Waals surface area contributed by atoms with E-state index in [0.717, 1.165) is 10.4 Å². The normalized spacial score (nSPS) is 12.0. The highest BCUT2D eigenvalue weighted by atomic mass is 35.5. The molecule has 0 atom stereocenters.